The summed E-state index contributed by atoms with van der Waals surface area (Å²) in [6.45, 7) is 0.121. The molecule has 8 heteroatoms. The van der Waals surface area contributed by atoms with E-state index in [1.807, 2.05) is 0 Å². The van der Waals surface area contributed by atoms with Crippen LogP contribution in [0.1, 0.15) is 27.3 Å². The van der Waals surface area contributed by atoms with E-state index in [1.54, 1.807) is 54.2 Å². The molecule has 0 spiro atoms. The molecule has 1 heterocycles. The van der Waals surface area contributed by atoms with Gasteiger partial charge >= 0.3 is 0 Å². The van der Waals surface area contributed by atoms with Crippen molar-refractivity contribution in [1.29, 1.82) is 0 Å². The lowest BCUT2D eigenvalue weighted by Crippen LogP contribution is -2.43. The molecule has 0 bridgehead atoms. The molecule has 0 fully saturated rings. The molecule has 0 aliphatic heterocycles. The Labute approximate surface area is 144 Å². The predicted molar refractivity (Wildman–Crippen MR) is 89.4 cm³/mol. The number of aromatic nitrogens is 1. The second-order valence-electron chi connectivity index (χ2n) is 4.99. The highest BCUT2D eigenvalue weighted by atomic mass is 35.5. The highest BCUT2D eigenvalue weighted by Gasteiger charge is 2.11. The number of nitrogens with one attached hydrogen (secondary N) is 3. The zero-order chi connectivity index (χ0) is 17.5. The largest absolute Gasteiger partial charge is 0.351 e. The first-order chi connectivity index (χ1) is 11.5. The lowest BCUT2D eigenvalue weighted by molar-refractivity contribution is -0.121. The Balaban J connectivity index is 1.72. The number of aryl methyl sites for hydroxylation is 1. The Morgan fingerprint density at radius 1 is 1.04 bits per heavy atom. The summed E-state index contributed by atoms with van der Waals surface area (Å²) in [7, 11) is 1.72. The summed E-state index contributed by atoms with van der Waals surface area (Å²) in [6.07, 6.45) is 1.74. The van der Waals surface area contributed by atoms with E-state index in [1.165, 1.54) is 0 Å². The topological polar surface area (TPSA) is 92.2 Å². The van der Waals surface area contributed by atoms with E-state index in [0.29, 0.717) is 16.3 Å². The van der Waals surface area contributed by atoms with E-state index in [2.05, 4.69) is 16.2 Å². The minimum absolute atomic E-state index is 0.0175. The van der Waals surface area contributed by atoms with Crippen molar-refractivity contribution >= 4 is 29.3 Å². The van der Waals surface area contributed by atoms with Gasteiger partial charge < -0.3 is 9.88 Å². The molecule has 0 saturated heterocycles. The molecule has 0 unspecified atom stereocenters. The summed E-state index contributed by atoms with van der Waals surface area (Å²) in [5.74, 6) is -1.20. The third kappa shape index (κ3) is 4.60. The molecule has 0 atom stereocenters. The van der Waals surface area contributed by atoms with Crippen molar-refractivity contribution in [2.24, 2.45) is 7.05 Å². The monoisotopic (exact) mass is 348 g/mol. The van der Waals surface area contributed by atoms with Crippen LogP contribution in [0.25, 0.3) is 0 Å². The first-order valence-corrected chi connectivity index (χ1v) is 7.60. The van der Waals surface area contributed by atoms with Gasteiger partial charge in [-0.15, -0.1) is 0 Å². The maximum atomic E-state index is 11.9. The Bertz CT molecular complexity index is 757. The van der Waals surface area contributed by atoms with Gasteiger partial charge in [0.15, 0.2) is 0 Å². The van der Waals surface area contributed by atoms with E-state index in [-0.39, 0.29) is 18.9 Å². The highest BCUT2D eigenvalue weighted by molar-refractivity contribution is 6.33. The van der Waals surface area contributed by atoms with Gasteiger partial charge in [-0.25, -0.2) is 0 Å². The van der Waals surface area contributed by atoms with Crippen LogP contribution in [0.5, 0.6) is 0 Å². The van der Waals surface area contributed by atoms with Gasteiger partial charge in [-0.05, 0) is 24.3 Å². The van der Waals surface area contributed by atoms with Crippen LogP contribution >= 0.6 is 11.6 Å². The fraction of sp³-hybridized carbons (Fsp3) is 0.188. The average molecular weight is 349 g/mol. The lowest BCUT2D eigenvalue weighted by atomic mass is 10.2. The number of hydrogen-bond donors (Lipinski definition) is 3. The molecule has 0 aliphatic rings. The lowest BCUT2D eigenvalue weighted by Gasteiger charge is -2.09. The number of carbonyl (C=O) groups is 3. The average Bonchev–Trinajstić information content (AvgIpc) is 2.99. The molecule has 7 nitrogen and oxygen atoms in total. The molecule has 0 saturated carbocycles. The minimum Gasteiger partial charge on any atom is -0.351 e. The fourth-order valence-electron chi connectivity index (χ4n) is 1.98. The first kappa shape index (κ1) is 17.6. The van der Waals surface area contributed by atoms with Gasteiger partial charge in [-0.3, -0.25) is 25.2 Å². The van der Waals surface area contributed by atoms with Crippen LogP contribution < -0.4 is 16.2 Å². The van der Waals surface area contributed by atoms with Crippen LogP contribution in [0.15, 0.2) is 42.6 Å². The maximum Gasteiger partial charge on any atom is 0.286 e. The van der Waals surface area contributed by atoms with Gasteiger partial charge in [-0.2, -0.15) is 0 Å². The number of hydrogen-bond acceptors (Lipinski definition) is 3. The van der Waals surface area contributed by atoms with Crippen molar-refractivity contribution < 1.29 is 14.4 Å². The zero-order valence-electron chi connectivity index (χ0n) is 13.0. The molecule has 3 amide bonds. The van der Waals surface area contributed by atoms with Crippen molar-refractivity contribution in [3.05, 3.63) is 58.9 Å². The SMILES string of the molecule is Cn1cccc1C(=O)NNC(=O)CCNC(=O)c1ccccc1Cl. The standard InChI is InChI=1S/C16H17ClN4O3/c1-21-10-4-7-13(21)16(24)20-19-14(22)8-9-18-15(23)11-5-2-3-6-12(11)17/h2-7,10H,8-9H2,1H3,(H,18,23)(H,19,22)(H,20,24). The molecule has 2 rings (SSSR count). The van der Waals surface area contributed by atoms with E-state index in [0.717, 1.165) is 0 Å². The normalized spacial score (nSPS) is 10.1. The van der Waals surface area contributed by atoms with Gasteiger partial charge in [0.2, 0.25) is 5.91 Å². The van der Waals surface area contributed by atoms with E-state index < -0.39 is 11.8 Å². The Hall–Kier alpha value is -2.80. The van der Waals surface area contributed by atoms with Crippen molar-refractivity contribution in [1.82, 2.24) is 20.7 Å². The summed E-state index contributed by atoms with van der Waals surface area (Å²) < 4.78 is 1.63. The van der Waals surface area contributed by atoms with E-state index in [4.69, 9.17) is 11.6 Å². The van der Waals surface area contributed by atoms with Gasteiger partial charge in [0.1, 0.15) is 5.69 Å². The zero-order valence-corrected chi connectivity index (χ0v) is 13.8. The number of carbonyl (C=O) groups excluding carboxylic acids is 3. The number of hydrazine groups is 1. The Kier molecular flexibility index (Phi) is 5.97. The molecular weight excluding hydrogens is 332 g/mol. The first-order valence-electron chi connectivity index (χ1n) is 7.22. The number of benzene rings is 1. The number of rotatable bonds is 5. The van der Waals surface area contributed by atoms with Crippen molar-refractivity contribution in [2.75, 3.05) is 6.54 Å². The molecule has 0 radical (unpaired) electrons. The van der Waals surface area contributed by atoms with Crippen LogP contribution in [0, 0.1) is 0 Å². The summed E-state index contributed by atoms with van der Waals surface area (Å²) >= 11 is 5.92. The summed E-state index contributed by atoms with van der Waals surface area (Å²) in [6, 6.07) is 9.99. The van der Waals surface area contributed by atoms with Crippen molar-refractivity contribution in [2.45, 2.75) is 6.42 Å². The summed E-state index contributed by atoms with van der Waals surface area (Å²) in [5.41, 5.74) is 5.37. The Morgan fingerprint density at radius 2 is 1.79 bits per heavy atom. The van der Waals surface area contributed by atoms with Gasteiger partial charge in [0, 0.05) is 26.2 Å². The number of halogens is 1. The van der Waals surface area contributed by atoms with Crippen LogP contribution in [0.3, 0.4) is 0 Å². The number of amides is 3. The third-order valence-corrected chi connectivity index (χ3v) is 3.58. The minimum atomic E-state index is -0.420. The molecular formula is C16H17ClN4O3. The van der Waals surface area contributed by atoms with E-state index in [9.17, 15) is 14.4 Å². The molecule has 1 aromatic carbocycles. The quantitative estimate of drug-likeness (QED) is 0.710. The van der Waals surface area contributed by atoms with Crippen molar-refractivity contribution in [3.8, 4) is 0 Å². The molecule has 1 aromatic heterocycles. The van der Waals surface area contributed by atoms with Crippen LogP contribution in [0.4, 0.5) is 0 Å². The summed E-state index contributed by atoms with van der Waals surface area (Å²) in [4.78, 5) is 35.4. The maximum absolute atomic E-state index is 11.9. The van der Waals surface area contributed by atoms with Crippen LogP contribution in [0.2, 0.25) is 5.02 Å². The highest BCUT2D eigenvalue weighted by Crippen LogP contribution is 2.14. The molecule has 126 valence electrons. The molecule has 0 aliphatic carbocycles. The van der Waals surface area contributed by atoms with Gasteiger partial charge in [0.05, 0.1) is 10.6 Å². The third-order valence-electron chi connectivity index (χ3n) is 3.25. The van der Waals surface area contributed by atoms with Crippen LogP contribution in [-0.2, 0) is 11.8 Å². The van der Waals surface area contributed by atoms with Gasteiger partial charge in [-0.1, -0.05) is 23.7 Å². The number of nitrogens with zero attached hydrogens (tertiary/aromatic N) is 1. The predicted octanol–water partition coefficient (Wildman–Crippen LogP) is 1.26. The van der Waals surface area contributed by atoms with Crippen molar-refractivity contribution in [3.63, 3.8) is 0 Å². The fourth-order valence-corrected chi connectivity index (χ4v) is 2.20. The molecule has 2 aromatic rings. The molecule has 24 heavy (non-hydrogen) atoms. The second kappa shape index (κ2) is 8.16. The molecule has 3 N–H and O–H groups in total. The van der Waals surface area contributed by atoms with E-state index >= 15 is 0 Å². The second-order valence-corrected chi connectivity index (χ2v) is 5.40. The van der Waals surface area contributed by atoms with Crippen LogP contribution in [-0.4, -0.2) is 28.8 Å². The smallest absolute Gasteiger partial charge is 0.286 e. The Morgan fingerprint density at radius 3 is 2.46 bits per heavy atom. The van der Waals surface area contributed by atoms with Gasteiger partial charge in [0.25, 0.3) is 11.8 Å². The summed E-state index contributed by atoms with van der Waals surface area (Å²) in [5, 5.41) is 2.94.